The van der Waals surface area contributed by atoms with Gasteiger partial charge in [-0.3, -0.25) is 4.90 Å². The minimum Gasteiger partial charge on any atom is -0.309 e. The van der Waals surface area contributed by atoms with Crippen molar-refractivity contribution < 1.29 is 0 Å². The van der Waals surface area contributed by atoms with Crippen molar-refractivity contribution in [1.29, 1.82) is 0 Å². The fourth-order valence-electron chi connectivity index (χ4n) is 2.96. The highest BCUT2D eigenvalue weighted by Crippen LogP contribution is 2.17. The fourth-order valence-corrected chi connectivity index (χ4v) is 2.96. The Morgan fingerprint density at radius 2 is 1.35 bits per heavy atom. The molecule has 0 saturated carbocycles. The van der Waals surface area contributed by atoms with Gasteiger partial charge in [0.05, 0.1) is 0 Å². The first-order chi connectivity index (χ1) is 8.06. The van der Waals surface area contributed by atoms with Crippen LogP contribution in [0.3, 0.4) is 0 Å². The monoisotopic (exact) mass is 239 g/mol. The van der Waals surface area contributed by atoms with Crippen LogP contribution in [-0.2, 0) is 0 Å². The van der Waals surface area contributed by atoms with Crippen LogP contribution in [0.15, 0.2) is 0 Å². The van der Waals surface area contributed by atoms with E-state index in [1.165, 1.54) is 39.0 Å². The zero-order valence-electron chi connectivity index (χ0n) is 11.9. The van der Waals surface area contributed by atoms with E-state index in [1.54, 1.807) is 0 Å². The van der Waals surface area contributed by atoms with Crippen LogP contribution in [0.5, 0.6) is 0 Å². The Morgan fingerprint density at radius 1 is 0.824 bits per heavy atom. The summed E-state index contributed by atoms with van der Waals surface area (Å²) in [5.74, 6) is 0. The maximum atomic E-state index is 3.83. The van der Waals surface area contributed by atoms with Crippen molar-refractivity contribution in [1.82, 2.24) is 15.1 Å². The molecule has 0 aromatic rings. The molecule has 100 valence electrons. The second-order valence-electron chi connectivity index (χ2n) is 6.32. The molecule has 0 aliphatic carbocycles. The van der Waals surface area contributed by atoms with Gasteiger partial charge < -0.3 is 10.2 Å². The maximum absolute atomic E-state index is 3.83. The summed E-state index contributed by atoms with van der Waals surface area (Å²) in [5.41, 5.74) is 0. The molecule has 3 heteroatoms. The lowest BCUT2D eigenvalue weighted by Gasteiger charge is -2.45. The number of piperidine rings is 1. The summed E-state index contributed by atoms with van der Waals surface area (Å²) in [6.07, 6.45) is 2.66. The summed E-state index contributed by atoms with van der Waals surface area (Å²) >= 11 is 0. The standard InChI is InChI=1S/C14H29N3/c1-11(2)16-7-5-13(6-8-16)15-14-9-17(10-14)12(3)4/h11-15H,5-10H2,1-4H3. The third kappa shape index (κ3) is 3.43. The molecule has 2 fully saturated rings. The lowest BCUT2D eigenvalue weighted by Crippen LogP contribution is -2.62. The van der Waals surface area contributed by atoms with Crippen LogP contribution in [0.2, 0.25) is 0 Å². The van der Waals surface area contributed by atoms with E-state index in [-0.39, 0.29) is 0 Å². The van der Waals surface area contributed by atoms with E-state index in [0.29, 0.717) is 0 Å². The summed E-state index contributed by atoms with van der Waals surface area (Å²) in [6, 6.07) is 2.96. The quantitative estimate of drug-likeness (QED) is 0.803. The Balaban J connectivity index is 1.63. The van der Waals surface area contributed by atoms with Gasteiger partial charge >= 0.3 is 0 Å². The molecule has 2 aliphatic heterocycles. The Morgan fingerprint density at radius 3 is 1.82 bits per heavy atom. The van der Waals surface area contributed by atoms with E-state index in [0.717, 1.165) is 24.2 Å². The van der Waals surface area contributed by atoms with Crippen LogP contribution < -0.4 is 5.32 Å². The van der Waals surface area contributed by atoms with Crippen molar-refractivity contribution >= 4 is 0 Å². The fraction of sp³-hybridized carbons (Fsp3) is 1.00. The lowest BCUT2D eigenvalue weighted by atomic mass is 9.99. The van der Waals surface area contributed by atoms with E-state index in [1.807, 2.05) is 0 Å². The molecular formula is C14H29N3. The van der Waals surface area contributed by atoms with E-state index >= 15 is 0 Å². The van der Waals surface area contributed by atoms with Crippen molar-refractivity contribution in [3.63, 3.8) is 0 Å². The molecule has 17 heavy (non-hydrogen) atoms. The first-order valence-corrected chi connectivity index (χ1v) is 7.30. The number of nitrogens with one attached hydrogen (secondary N) is 1. The number of nitrogens with zero attached hydrogens (tertiary/aromatic N) is 2. The predicted molar refractivity (Wildman–Crippen MR) is 73.4 cm³/mol. The molecule has 0 aromatic heterocycles. The topological polar surface area (TPSA) is 18.5 Å². The summed E-state index contributed by atoms with van der Waals surface area (Å²) in [5, 5.41) is 3.83. The van der Waals surface area contributed by atoms with E-state index in [9.17, 15) is 0 Å². The zero-order chi connectivity index (χ0) is 12.4. The molecule has 0 unspecified atom stereocenters. The molecule has 2 saturated heterocycles. The van der Waals surface area contributed by atoms with Gasteiger partial charge in [-0.2, -0.15) is 0 Å². The van der Waals surface area contributed by atoms with Gasteiger partial charge in [0.2, 0.25) is 0 Å². The normalized spacial score (nSPS) is 25.8. The van der Waals surface area contributed by atoms with Gasteiger partial charge in [0.1, 0.15) is 0 Å². The highest BCUT2D eigenvalue weighted by molar-refractivity contribution is 4.91. The number of rotatable bonds is 4. The third-order valence-electron chi connectivity index (χ3n) is 4.37. The van der Waals surface area contributed by atoms with Crippen molar-refractivity contribution in [2.45, 2.75) is 64.7 Å². The highest BCUT2D eigenvalue weighted by atomic mass is 15.3. The molecule has 0 spiro atoms. The van der Waals surface area contributed by atoms with Crippen LogP contribution in [0, 0.1) is 0 Å². The Hall–Kier alpha value is -0.120. The van der Waals surface area contributed by atoms with Gasteiger partial charge in [-0.25, -0.2) is 0 Å². The van der Waals surface area contributed by atoms with Crippen LogP contribution >= 0.6 is 0 Å². The molecule has 2 heterocycles. The minimum atomic E-state index is 0.718. The van der Waals surface area contributed by atoms with E-state index < -0.39 is 0 Å². The van der Waals surface area contributed by atoms with Crippen LogP contribution in [-0.4, -0.2) is 60.1 Å². The molecule has 2 rings (SSSR count). The molecule has 0 radical (unpaired) electrons. The minimum absolute atomic E-state index is 0.718. The summed E-state index contributed by atoms with van der Waals surface area (Å²) in [4.78, 5) is 5.14. The molecule has 0 bridgehead atoms. The first-order valence-electron chi connectivity index (χ1n) is 7.30. The predicted octanol–water partition coefficient (Wildman–Crippen LogP) is 1.54. The van der Waals surface area contributed by atoms with Gasteiger partial charge in [-0.15, -0.1) is 0 Å². The van der Waals surface area contributed by atoms with Gasteiger partial charge in [0.15, 0.2) is 0 Å². The summed E-state index contributed by atoms with van der Waals surface area (Å²) in [6.45, 7) is 14.2. The molecule has 1 N–H and O–H groups in total. The molecule has 2 aliphatic rings. The second kappa shape index (κ2) is 5.68. The summed E-state index contributed by atoms with van der Waals surface area (Å²) in [7, 11) is 0. The number of hydrogen-bond acceptors (Lipinski definition) is 3. The molecular weight excluding hydrogens is 210 g/mol. The van der Waals surface area contributed by atoms with Gasteiger partial charge in [-0.05, 0) is 53.6 Å². The van der Waals surface area contributed by atoms with Crippen molar-refractivity contribution in [2.24, 2.45) is 0 Å². The second-order valence-corrected chi connectivity index (χ2v) is 6.32. The largest absolute Gasteiger partial charge is 0.309 e. The first kappa shape index (κ1) is 13.3. The number of hydrogen-bond donors (Lipinski definition) is 1. The van der Waals surface area contributed by atoms with E-state index in [2.05, 4.69) is 42.8 Å². The van der Waals surface area contributed by atoms with Crippen LogP contribution in [0.1, 0.15) is 40.5 Å². The van der Waals surface area contributed by atoms with Gasteiger partial charge in [0.25, 0.3) is 0 Å². The SMILES string of the molecule is CC(C)N1CCC(NC2CN(C(C)C)C2)CC1. The molecule has 3 nitrogen and oxygen atoms in total. The third-order valence-corrected chi connectivity index (χ3v) is 4.37. The van der Waals surface area contributed by atoms with Crippen LogP contribution in [0.4, 0.5) is 0 Å². The molecule has 0 amide bonds. The molecule has 0 aromatic carbocycles. The van der Waals surface area contributed by atoms with E-state index in [4.69, 9.17) is 0 Å². The highest BCUT2D eigenvalue weighted by Gasteiger charge is 2.31. The van der Waals surface area contributed by atoms with Gasteiger partial charge in [0, 0.05) is 37.3 Å². The number of likely N-dealkylation sites (tertiary alicyclic amines) is 2. The Labute approximate surface area is 107 Å². The average molecular weight is 239 g/mol. The molecule has 0 atom stereocenters. The summed E-state index contributed by atoms with van der Waals surface area (Å²) < 4.78 is 0. The van der Waals surface area contributed by atoms with Crippen molar-refractivity contribution in [3.8, 4) is 0 Å². The zero-order valence-corrected chi connectivity index (χ0v) is 11.9. The van der Waals surface area contributed by atoms with Gasteiger partial charge in [-0.1, -0.05) is 0 Å². The van der Waals surface area contributed by atoms with Crippen molar-refractivity contribution in [3.05, 3.63) is 0 Å². The smallest absolute Gasteiger partial charge is 0.0325 e. The average Bonchev–Trinajstić information content (AvgIpc) is 2.23. The van der Waals surface area contributed by atoms with Crippen LogP contribution in [0.25, 0.3) is 0 Å². The lowest BCUT2D eigenvalue weighted by molar-refractivity contribution is 0.0727. The Kier molecular flexibility index (Phi) is 4.45. The van der Waals surface area contributed by atoms with Crippen molar-refractivity contribution in [2.75, 3.05) is 26.2 Å². The maximum Gasteiger partial charge on any atom is 0.0325 e. The Bertz CT molecular complexity index is 226.